The van der Waals surface area contributed by atoms with Crippen molar-refractivity contribution in [2.24, 2.45) is 5.73 Å². The number of rotatable bonds is 5. The standard InChI is InChI=1S/C14H25N5O/c1-3-5-12(15)14(20)19-8-6-11(7-9-19)13-17-16-10-18(13)4-2/h10-12H,3-9,15H2,1-2H3. The molecule has 1 unspecified atom stereocenters. The quantitative estimate of drug-likeness (QED) is 0.876. The number of likely N-dealkylation sites (tertiary alicyclic amines) is 1. The minimum atomic E-state index is -0.337. The van der Waals surface area contributed by atoms with Gasteiger partial charge in [0.15, 0.2) is 0 Å². The van der Waals surface area contributed by atoms with Gasteiger partial charge in [0, 0.05) is 25.6 Å². The topological polar surface area (TPSA) is 77.0 Å². The molecule has 1 aromatic rings. The van der Waals surface area contributed by atoms with Gasteiger partial charge in [0.2, 0.25) is 5.91 Å². The first kappa shape index (κ1) is 15.0. The number of aromatic nitrogens is 3. The van der Waals surface area contributed by atoms with E-state index in [1.54, 1.807) is 6.33 Å². The molecule has 1 saturated heterocycles. The third-order valence-electron chi connectivity index (χ3n) is 4.07. The number of hydrogen-bond donors (Lipinski definition) is 1. The average molecular weight is 279 g/mol. The maximum Gasteiger partial charge on any atom is 0.239 e. The van der Waals surface area contributed by atoms with Crippen LogP contribution in [-0.4, -0.2) is 44.7 Å². The van der Waals surface area contributed by atoms with Gasteiger partial charge in [-0.15, -0.1) is 10.2 Å². The maximum absolute atomic E-state index is 12.2. The van der Waals surface area contributed by atoms with Crippen LogP contribution in [-0.2, 0) is 11.3 Å². The zero-order chi connectivity index (χ0) is 14.5. The van der Waals surface area contributed by atoms with E-state index in [-0.39, 0.29) is 11.9 Å². The van der Waals surface area contributed by atoms with Crippen LogP contribution in [0.2, 0.25) is 0 Å². The first-order chi connectivity index (χ1) is 9.67. The van der Waals surface area contributed by atoms with Crippen molar-refractivity contribution < 1.29 is 4.79 Å². The molecule has 1 amide bonds. The Labute approximate surface area is 120 Å². The van der Waals surface area contributed by atoms with Gasteiger partial charge in [0.05, 0.1) is 6.04 Å². The summed E-state index contributed by atoms with van der Waals surface area (Å²) in [6.07, 6.45) is 5.39. The van der Waals surface area contributed by atoms with Crippen molar-refractivity contribution in [1.29, 1.82) is 0 Å². The molecule has 2 N–H and O–H groups in total. The summed E-state index contributed by atoms with van der Waals surface area (Å²) in [6.45, 7) is 6.59. The molecule has 6 nitrogen and oxygen atoms in total. The molecule has 1 aromatic heterocycles. The van der Waals surface area contributed by atoms with Gasteiger partial charge in [-0.3, -0.25) is 4.79 Å². The van der Waals surface area contributed by atoms with Crippen LogP contribution >= 0.6 is 0 Å². The second kappa shape index (κ2) is 6.83. The van der Waals surface area contributed by atoms with Crippen LogP contribution in [0.15, 0.2) is 6.33 Å². The minimum absolute atomic E-state index is 0.0993. The number of nitrogens with two attached hydrogens (primary N) is 1. The van der Waals surface area contributed by atoms with Crippen molar-refractivity contribution in [3.63, 3.8) is 0 Å². The van der Waals surface area contributed by atoms with E-state index in [1.165, 1.54) is 0 Å². The predicted molar refractivity (Wildman–Crippen MR) is 77.1 cm³/mol. The van der Waals surface area contributed by atoms with E-state index in [2.05, 4.69) is 28.6 Å². The molecule has 0 saturated carbocycles. The lowest BCUT2D eigenvalue weighted by Gasteiger charge is -2.33. The van der Waals surface area contributed by atoms with E-state index in [4.69, 9.17) is 5.73 Å². The third-order valence-corrected chi connectivity index (χ3v) is 4.07. The van der Waals surface area contributed by atoms with Crippen LogP contribution in [0, 0.1) is 0 Å². The summed E-state index contributed by atoms with van der Waals surface area (Å²) in [5, 5.41) is 8.22. The highest BCUT2D eigenvalue weighted by Crippen LogP contribution is 2.26. The molecule has 2 heterocycles. The first-order valence-corrected chi connectivity index (χ1v) is 7.59. The maximum atomic E-state index is 12.2. The van der Waals surface area contributed by atoms with Crippen LogP contribution in [0.5, 0.6) is 0 Å². The third kappa shape index (κ3) is 3.17. The minimum Gasteiger partial charge on any atom is -0.341 e. The molecule has 0 radical (unpaired) electrons. The number of carbonyl (C=O) groups excluding carboxylic acids is 1. The van der Waals surface area contributed by atoms with Gasteiger partial charge < -0.3 is 15.2 Å². The summed E-state index contributed by atoms with van der Waals surface area (Å²) in [5.41, 5.74) is 5.92. The molecule has 1 aliphatic rings. The number of carbonyl (C=O) groups is 1. The number of nitrogens with zero attached hydrogens (tertiary/aromatic N) is 4. The molecule has 20 heavy (non-hydrogen) atoms. The molecule has 0 aromatic carbocycles. The molecule has 0 spiro atoms. The van der Waals surface area contributed by atoms with Crippen LogP contribution in [0.3, 0.4) is 0 Å². The number of hydrogen-bond acceptors (Lipinski definition) is 4. The summed E-state index contributed by atoms with van der Waals surface area (Å²) in [6, 6.07) is -0.337. The normalized spacial score (nSPS) is 18.2. The number of aryl methyl sites for hydroxylation is 1. The van der Waals surface area contributed by atoms with Gasteiger partial charge in [-0.05, 0) is 26.2 Å². The lowest BCUT2D eigenvalue weighted by Crippen LogP contribution is -2.47. The van der Waals surface area contributed by atoms with Gasteiger partial charge >= 0.3 is 0 Å². The lowest BCUT2D eigenvalue weighted by molar-refractivity contribution is -0.133. The van der Waals surface area contributed by atoms with Gasteiger partial charge in [-0.2, -0.15) is 0 Å². The Morgan fingerprint density at radius 1 is 1.45 bits per heavy atom. The number of amides is 1. The second-order valence-electron chi connectivity index (χ2n) is 5.47. The average Bonchev–Trinajstić information content (AvgIpc) is 2.95. The van der Waals surface area contributed by atoms with Crippen molar-refractivity contribution in [2.45, 2.75) is 58.0 Å². The van der Waals surface area contributed by atoms with Crippen LogP contribution in [0.1, 0.15) is 51.3 Å². The first-order valence-electron chi connectivity index (χ1n) is 7.59. The summed E-state index contributed by atoms with van der Waals surface area (Å²) in [5.74, 6) is 1.56. The Kier molecular flexibility index (Phi) is 5.11. The van der Waals surface area contributed by atoms with Crippen molar-refractivity contribution in [2.75, 3.05) is 13.1 Å². The van der Waals surface area contributed by atoms with Gasteiger partial charge in [0.1, 0.15) is 12.2 Å². The van der Waals surface area contributed by atoms with Crippen LogP contribution in [0.25, 0.3) is 0 Å². The van der Waals surface area contributed by atoms with E-state index >= 15 is 0 Å². The number of piperidine rings is 1. The highest BCUT2D eigenvalue weighted by molar-refractivity contribution is 5.81. The van der Waals surface area contributed by atoms with E-state index in [0.717, 1.165) is 51.1 Å². The fourth-order valence-electron chi connectivity index (χ4n) is 2.85. The van der Waals surface area contributed by atoms with Crippen molar-refractivity contribution in [3.05, 3.63) is 12.2 Å². The molecule has 0 bridgehead atoms. The largest absolute Gasteiger partial charge is 0.341 e. The SMILES string of the molecule is CCCC(N)C(=O)N1CCC(c2nncn2CC)CC1. The Balaban J connectivity index is 1.91. The fourth-order valence-corrected chi connectivity index (χ4v) is 2.85. The molecule has 6 heteroatoms. The fraction of sp³-hybridized carbons (Fsp3) is 0.786. The Hall–Kier alpha value is -1.43. The molecule has 0 aliphatic carbocycles. The summed E-state index contributed by atoms with van der Waals surface area (Å²) in [7, 11) is 0. The second-order valence-corrected chi connectivity index (χ2v) is 5.47. The lowest BCUT2D eigenvalue weighted by atomic mass is 9.95. The molecular formula is C14H25N5O. The van der Waals surface area contributed by atoms with Crippen molar-refractivity contribution in [1.82, 2.24) is 19.7 Å². The van der Waals surface area contributed by atoms with Crippen molar-refractivity contribution in [3.8, 4) is 0 Å². The predicted octanol–water partition coefficient (Wildman–Crippen LogP) is 1.13. The highest BCUT2D eigenvalue weighted by Gasteiger charge is 2.28. The van der Waals surface area contributed by atoms with E-state index in [9.17, 15) is 4.79 Å². The Morgan fingerprint density at radius 3 is 2.75 bits per heavy atom. The molecule has 1 fully saturated rings. The Bertz CT molecular complexity index is 437. The molecule has 1 aliphatic heterocycles. The smallest absolute Gasteiger partial charge is 0.239 e. The van der Waals surface area contributed by atoms with Gasteiger partial charge in [0.25, 0.3) is 0 Å². The van der Waals surface area contributed by atoms with Crippen LogP contribution in [0.4, 0.5) is 0 Å². The van der Waals surface area contributed by atoms with Gasteiger partial charge in [-0.25, -0.2) is 0 Å². The molecule has 112 valence electrons. The summed E-state index contributed by atoms with van der Waals surface area (Å²) in [4.78, 5) is 14.1. The molecular weight excluding hydrogens is 254 g/mol. The zero-order valence-electron chi connectivity index (χ0n) is 12.5. The van der Waals surface area contributed by atoms with E-state index in [1.807, 2.05) is 4.90 Å². The van der Waals surface area contributed by atoms with Gasteiger partial charge in [-0.1, -0.05) is 13.3 Å². The molecule has 2 rings (SSSR count). The highest BCUT2D eigenvalue weighted by atomic mass is 16.2. The molecule has 1 atom stereocenters. The summed E-state index contributed by atoms with van der Waals surface area (Å²) >= 11 is 0. The van der Waals surface area contributed by atoms with Crippen molar-refractivity contribution >= 4 is 5.91 Å². The van der Waals surface area contributed by atoms with Crippen LogP contribution < -0.4 is 5.73 Å². The Morgan fingerprint density at radius 2 is 2.15 bits per heavy atom. The zero-order valence-corrected chi connectivity index (χ0v) is 12.5. The van der Waals surface area contributed by atoms with E-state index in [0.29, 0.717) is 5.92 Å². The monoisotopic (exact) mass is 279 g/mol. The summed E-state index contributed by atoms with van der Waals surface area (Å²) < 4.78 is 2.09. The van der Waals surface area contributed by atoms with E-state index < -0.39 is 0 Å².